The van der Waals surface area contributed by atoms with Crippen molar-refractivity contribution in [1.29, 1.82) is 0 Å². The lowest BCUT2D eigenvalue weighted by atomic mass is 10.1. The van der Waals surface area contributed by atoms with Gasteiger partial charge in [-0.25, -0.2) is 19.8 Å². The van der Waals surface area contributed by atoms with Crippen molar-refractivity contribution < 1.29 is 19.1 Å². The number of benzene rings is 2. The van der Waals surface area contributed by atoms with Gasteiger partial charge in [0.25, 0.3) is 5.91 Å². The molecule has 0 saturated carbocycles. The predicted molar refractivity (Wildman–Crippen MR) is 126 cm³/mol. The highest BCUT2D eigenvalue weighted by molar-refractivity contribution is 5.92. The topological polar surface area (TPSA) is 90.8 Å². The molecule has 1 unspecified atom stereocenters. The molecule has 0 radical (unpaired) electrons. The number of nitrogens with one attached hydrogen (secondary N) is 1. The van der Waals surface area contributed by atoms with Crippen LogP contribution in [0.5, 0.6) is 5.75 Å². The number of carbonyl (C=O) groups excluding carboxylic acids is 1. The summed E-state index contributed by atoms with van der Waals surface area (Å²) >= 11 is 0. The van der Waals surface area contributed by atoms with E-state index in [1.807, 2.05) is 47.4 Å². The van der Waals surface area contributed by atoms with Gasteiger partial charge in [-0.15, -0.1) is 0 Å². The van der Waals surface area contributed by atoms with Gasteiger partial charge in [0.2, 0.25) is 5.95 Å². The van der Waals surface area contributed by atoms with Gasteiger partial charge >= 0.3 is 0 Å². The molecule has 8 nitrogen and oxygen atoms in total. The van der Waals surface area contributed by atoms with E-state index in [2.05, 4.69) is 14.9 Å². The predicted octanol–water partition coefficient (Wildman–Crippen LogP) is 3.02. The maximum atomic E-state index is 13.3. The summed E-state index contributed by atoms with van der Waals surface area (Å²) in [6.45, 7) is 3.68. The first-order valence-corrected chi connectivity index (χ1v) is 11.0. The fourth-order valence-electron chi connectivity index (χ4n) is 3.66. The van der Waals surface area contributed by atoms with Gasteiger partial charge in [0.05, 0.1) is 5.56 Å². The normalized spacial score (nSPS) is 15.3. The highest BCUT2D eigenvalue weighted by Crippen LogP contribution is 2.17. The number of hydrogen-bond acceptors (Lipinski definition) is 7. The number of halogens is 1. The van der Waals surface area contributed by atoms with Gasteiger partial charge in [0.1, 0.15) is 17.7 Å². The number of nitrogens with zero attached hydrogens (tertiary/aromatic N) is 4. The number of anilines is 1. The average Bonchev–Trinajstić information content (AvgIpc) is 2.89. The zero-order valence-electron chi connectivity index (χ0n) is 18.5. The summed E-state index contributed by atoms with van der Waals surface area (Å²) in [5.41, 5.74) is 2.84. The molecule has 34 heavy (non-hydrogen) atoms. The minimum atomic E-state index is -0.646. The van der Waals surface area contributed by atoms with E-state index >= 15 is 0 Å². The van der Waals surface area contributed by atoms with Crippen molar-refractivity contribution in [2.75, 3.05) is 37.6 Å². The summed E-state index contributed by atoms with van der Waals surface area (Å²) in [6.07, 6.45) is 6.62. The van der Waals surface area contributed by atoms with Gasteiger partial charge in [-0.3, -0.25) is 14.9 Å². The first-order valence-electron chi connectivity index (χ1n) is 11.0. The Morgan fingerprint density at radius 1 is 1.06 bits per heavy atom. The van der Waals surface area contributed by atoms with E-state index in [0.717, 1.165) is 31.7 Å². The molecule has 1 aliphatic rings. The molecule has 1 atom stereocenters. The van der Waals surface area contributed by atoms with E-state index in [0.29, 0.717) is 18.2 Å². The Morgan fingerprint density at radius 2 is 1.74 bits per heavy atom. The lowest BCUT2D eigenvalue weighted by Gasteiger charge is -2.36. The maximum Gasteiger partial charge on any atom is 0.277 e. The van der Waals surface area contributed by atoms with Crippen molar-refractivity contribution in [3.63, 3.8) is 0 Å². The third-order valence-corrected chi connectivity index (χ3v) is 5.50. The second kappa shape index (κ2) is 11.4. The summed E-state index contributed by atoms with van der Waals surface area (Å²) in [7, 11) is 0. The lowest BCUT2D eigenvalue weighted by Crippen LogP contribution is -2.49. The molecule has 176 valence electrons. The number of rotatable bonds is 8. The second-order valence-electron chi connectivity index (χ2n) is 7.88. The second-order valence-corrected chi connectivity index (χ2v) is 7.88. The highest BCUT2D eigenvalue weighted by Gasteiger charge is 2.22. The third kappa shape index (κ3) is 6.37. The van der Waals surface area contributed by atoms with E-state index in [9.17, 15) is 9.18 Å². The van der Waals surface area contributed by atoms with Crippen molar-refractivity contribution >= 4 is 17.9 Å². The molecule has 2 heterocycles. The number of ether oxygens (including phenoxy) is 1. The molecule has 9 heteroatoms. The van der Waals surface area contributed by atoms with Crippen LogP contribution in [0.4, 0.5) is 10.3 Å². The van der Waals surface area contributed by atoms with E-state index in [1.54, 1.807) is 17.6 Å². The molecular weight excluding hydrogens is 437 g/mol. The molecule has 2 aromatic carbocycles. The fraction of sp³-hybridized carbons (Fsp3) is 0.240. The SMILES string of the molecule is O=C(NO)c1cnc(N2CCN(CC(/C=C/c3ccccc3)Oc3ccc(F)cc3)CC2)nc1. The first kappa shape index (κ1) is 23.3. The van der Waals surface area contributed by atoms with Crippen LogP contribution >= 0.6 is 0 Å². The van der Waals surface area contributed by atoms with E-state index in [-0.39, 0.29) is 17.5 Å². The lowest BCUT2D eigenvalue weighted by molar-refractivity contribution is 0.0705. The van der Waals surface area contributed by atoms with Crippen LogP contribution in [-0.2, 0) is 0 Å². The minimum Gasteiger partial charge on any atom is -0.485 e. The smallest absolute Gasteiger partial charge is 0.277 e. The Balaban J connectivity index is 1.38. The Kier molecular flexibility index (Phi) is 7.79. The van der Waals surface area contributed by atoms with E-state index < -0.39 is 5.91 Å². The summed E-state index contributed by atoms with van der Waals surface area (Å²) in [5, 5.41) is 8.71. The standard InChI is InChI=1S/C25H26FN5O3/c26-21-7-10-22(11-8-21)34-23(9-6-19-4-2-1-3-5-19)18-30-12-14-31(15-13-30)25-27-16-20(17-28-25)24(32)29-33/h1-11,16-17,23,33H,12-15,18H2,(H,29,32)/b9-6+. The number of hydroxylamine groups is 1. The van der Waals surface area contributed by atoms with Gasteiger partial charge in [-0.1, -0.05) is 36.4 Å². The van der Waals surface area contributed by atoms with Crippen molar-refractivity contribution in [2.45, 2.75) is 6.10 Å². The van der Waals surface area contributed by atoms with Crippen LogP contribution in [-0.4, -0.2) is 64.8 Å². The molecule has 1 saturated heterocycles. The Morgan fingerprint density at radius 3 is 2.38 bits per heavy atom. The van der Waals surface area contributed by atoms with Gasteiger partial charge in [0, 0.05) is 45.1 Å². The minimum absolute atomic E-state index is 0.191. The molecule has 0 aliphatic carbocycles. The molecule has 1 aromatic heterocycles. The molecule has 4 rings (SSSR count). The summed E-state index contributed by atoms with van der Waals surface area (Å²) < 4.78 is 19.5. The molecular formula is C25H26FN5O3. The van der Waals surface area contributed by atoms with Crippen LogP contribution in [0.2, 0.25) is 0 Å². The quantitative estimate of drug-likeness (QED) is 0.392. The van der Waals surface area contributed by atoms with Gasteiger partial charge in [0.15, 0.2) is 0 Å². The van der Waals surface area contributed by atoms with E-state index in [1.165, 1.54) is 24.5 Å². The van der Waals surface area contributed by atoms with Crippen LogP contribution < -0.4 is 15.1 Å². The van der Waals surface area contributed by atoms with Gasteiger partial charge in [-0.2, -0.15) is 0 Å². The summed E-state index contributed by atoms with van der Waals surface area (Å²) in [4.78, 5) is 24.3. The van der Waals surface area contributed by atoms with Crippen LogP contribution in [0.1, 0.15) is 15.9 Å². The summed E-state index contributed by atoms with van der Waals surface area (Å²) in [5.74, 6) is 0.208. The van der Waals surface area contributed by atoms with E-state index in [4.69, 9.17) is 9.94 Å². The molecule has 1 amide bonds. The van der Waals surface area contributed by atoms with Gasteiger partial charge < -0.3 is 9.64 Å². The zero-order valence-corrected chi connectivity index (χ0v) is 18.5. The number of hydrogen-bond donors (Lipinski definition) is 2. The number of carbonyl (C=O) groups is 1. The van der Waals surface area contributed by atoms with Crippen LogP contribution in [0.25, 0.3) is 6.08 Å². The Hall–Kier alpha value is -3.82. The molecule has 3 aromatic rings. The van der Waals surface area contributed by atoms with Crippen LogP contribution in [0.15, 0.2) is 73.1 Å². The number of amides is 1. The van der Waals surface area contributed by atoms with Crippen LogP contribution in [0, 0.1) is 5.82 Å². The zero-order chi connectivity index (χ0) is 23.8. The van der Waals surface area contributed by atoms with Crippen molar-refractivity contribution in [3.8, 4) is 5.75 Å². The first-order chi connectivity index (χ1) is 16.6. The Labute approximate surface area is 197 Å². The monoisotopic (exact) mass is 463 g/mol. The highest BCUT2D eigenvalue weighted by atomic mass is 19.1. The average molecular weight is 464 g/mol. The van der Waals surface area contributed by atoms with Crippen molar-refractivity contribution in [3.05, 3.63) is 90.0 Å². The Bertz CT molecular complexity index is 1090. The largest absolute Gasteiger partial charge is 0.485 e. The number of aromatic nitrogens is 2. The van der Waals surface area contributed by atoms with Crippen LogP contribution in [0.3, 0.4) is 0 Å². The molecule has 1 fully saturated rings. The third-order valence-electron chi connectivity index (χ3n) is 5.50. The van der Waals surface area contributed by atoms with Crippen molar-refractivity contribution in [2.24, 2.45) is 0 Å². The molecule has 0 spiro atoms. The van der Waals surface area contributed by atoms with Crippen molar-refractivity contribution in [1.82, 2.24) is 20.3 Å². The van der Waals surface area contributed by atoms with Gasteiger partial charge in [-0.05, 0) is 35.9 Å². The number of piperazine rings is 1. The maximum absolute atomic E-state index is 13.3. The molecule has 2 N–H and O–H groups in total. The molecule has 1 aliphatic heterocycles. The summed E-state index contributed by atoms with van der Waals surface area (Å²) in [6, 6.07) is 16.0. The molecule has 0 bridgehead atoms. The fourth-order valence-corrected chi connectivity index (χ4v) is 3.66.